The number of benzene rings is 1. The van der Waals surface area contributed by atoms with Crippen LogP contribution in [0.4, 0.5) is 4.39 Å². The fourth-order valence-corrected chi connectivity index (χ4v) is 1.43. The first-order valence-corrected chi connectivity index (χ1v) is 3.98. The lowest BCUT2D eigenvalue weighted by Crippen LogP contribution is -1.81. The Balaban J connectivity index is 2.86. The van der Waals surface area contributed by atoms with Crippen LogP contribution < -0.4 is 0 Å². The van der Waals surface area contributed by atoms with E-state index >= 15 is 0 Å². The van der Waals surface area contributed by atoms with E-state index in [2.05, 4.69) is 4.98 Å². The van der Waals surface area contributed by atoms with Crippen molar-refractivity contribution in [2.45, 2.75) is 0 Å². The van der Waals surface area contributed by atoms with Crippen molar-refractivity contribution in [1.82, 2.24) is 4.98 Å². The Labute approximate surface area is 78.6 Å². The molecule has 0 saturated heterocycles. The van der Waals surface area contributed by atoms with Crippen LogP contribution >= 0.6 is 11.6 Å². The normalized spacial score (nSPS) is 10.6. The number of nitrogens with zero attached hydrogens (tertiary/aromatic N) is 1. The second kappa shape index (κ2) is 2.85. The molecule has 0 amide bonds. The number of hydrogen-bond donors (Lipinski definition) is 1. The highest BCUT2D eigenvalue weighted by molar-refractivity contribution is 6.35. The van der Waals surface area contributed by atoms with Crippen LogP contribution in [0.15, 0.2) is 24.4 Å². The summed E-state index contributed by atoms with van der Waals surface area (Å²) < 4.78 is 12.8. The first-order chi connectivity index (χ1) is 6.16. The van der Waals surface area contributed by atoms with Crippen LogP contribution in [0.1, 0.15) is 0 Å². The predicted octanol–water partition coefficient (Wildman–Crippen LogP) is 2.73. The number of fused-ring (bicyclic) bond motifs is 1. The zero-order valence-electron chi connectivity index (χ0n) is 6.46. The van der Waals surface area contributed by atoms with Gasteiger partial charge in [0.2, 0.25) is 5.88 Å². The predicted molar refractivity (Wildman–Crippen MR) is 48.4 cm³/mol. The van der Waals surface area contributed by atoms with E-state index < -0.39 is 5.82 Å². The zero-order chi connectivity index (χ0) is 9.42. The molecule has 13 heavy (non-hydrogen) atoms. The third kappa shape index (κ3) is 1.42. The number of halogens is 2. The first kappa shape index (κ1) is 8.26. The number of hydrogen-bond acceptors (Lipinski definition) is 2. The van der Waals surface area contributed by atoms with Crippen LogP contribution in [0.2, 0.25) is 5.02 Å². The van der Waals surface area contributed by atoms with Crippen molar-refractivity contribution < 1.29 is 9.50 Å². The summed E-state index contributed by atoms with van der Waals surface area (Å²) in [5, 5.41) is 10.5. The molecule has 2 nitrogen and oxygen atoms in total. The molecule has 1 aromatic heterocycles. The summed E-state index contributed by atoms with van der Waals surface area (Å²) in [5.74, 6) is -0.572. The molecule has 0 saturated carbocycles. The number of pyridine rings is 1. The third-order valence-electron chi connectivity index (χ3n) is 1.74. The lowest BCUT2D eigenvalue weighted by atomic mass is 10.2. The Morgan fingerprint density at radius 3 is 2.85 bits per heavy atom. The van der Waals surface area contributed by atoms with Gasteiger partial charge in [-0.3, -0.25) is 0 Å². The van der Waals surface area contributed by atoms with Gasteiger partial charge in [0.1, 0.15) is 5.82 Å². The van der Waals surface area contributed by atoms with Crippen LogP contribution in [-0.2, 0) is 0 Å². The highest BCUT2D eigenvalue weighted by atomic mass is 35.5. The fourth-order valence-electron chi connectivity index (χ4n) is 1.17. The molecular weight excluding hydrogens is 193 g/mol. The smallest absolute Gasteiger partial charge is 0.211 e. The zero-order valence-corrected chi connectivity index (χ0v) is 7.22. The van der Waals surface area contributed by atoms with E-state index in [9.17, 15) is 4.39 Å². The van der Waals surface area contributed by atoms with Gasteiger partial charge in [-0.1, -0.05) is 11.6 Å². The van der Waals surface area contributed by atoms with Gasteiger partial charge >= 0.3 is 0 Å². The summed E-state index contributed by atoms with van der Waals surface area (Å²) in [7, 11) is 0. The molecule has 2 rings (SSSR count). The van der Waals surface area contributed by atoms with Gasteiger partial charge < -0.3 is 5.11 Å². The van der Waals surface area contributed by atoms with E-state index in [0.29, 0.717) is 15.8 Å². The van der Waals surface area contributed by atoms with E-state index in [-0.39, 0.29) is 5.88 Å². The fraction of sp³-hybridized carbons (Fsp3) is 0. The van der Waals surface area contributed by atoms with Crippen LogP contribution in [0.3, 0.4) is 0 Å². The van der Waals surface area contributed by atoms with Gasteiger partial charge in [0.15, 0.2) is 0 Å². The Hall–Kier alpha value is -1.35. The molecule has 0 fully saturated rings. The topological polar surface area (TPSA) is 33.1 Å². The molecule has 1 heterocycles. The highest BCUT2D eigenvalue weighted by Gasteiger charge is 2.03. The van der Waals surface area contributed by atoms with Crippen molar-refractivity contribution in [3.63, 3.8) is 0 Å². The molecular formula is C9H5ClFNO. The molecule has 2 aromatic rings. The molecule has 1 aromatic carbocycles. The van der Waals surface area contributed by atoms with E-state index in [4.69, 9.17) is 16.7 Å². The minimum absolute atomic E-state index is 0.144. The standard InChI is InChI=1S/C9H5ClFNO/c10-8-3-6(11)1-5-2-9(13)12-4-7(5)8/h1-4H,(H,12,13). The summed E-state index contributed by atoms with van der Waals surface area (Å²) >= 11 is 5.75. The van der Waals surface area contributed by atoms with Crippen molar-refractivity contribution in [2.24, 2.45) is 0 Å². The van der Waals surface area contributed by atoms with Gasteiger partial charge in [-0.05, 0) is 17.5 Å². The Bertz CT molecular complexity index is 467. The van der Waals surface area contributed by atoms with E-state index in [1.54, 1.807) is 0 Å². The Morgan fingerprint density at radius 1 is 1.31 bits per heavy atom. The van der Waals surface area contributed by atoms with Crippen LogP contribution in [-0.4, -0.2) is 10.1 Å². The van der Waals surface area contributed by atoms with Gasteiger partial charge in [-0.25, -0.2) is 9.37 Å². The van der Waals surface area contributed by atoms with Crippen molar-refractivity contribution in [1.29, 1.82) is 0 Å². The van der Waals surface area contributed by atoms with Gasteiger partial charge in [-0.15, -0.1) is 0 Å². The first-order valence-electron chi connectivity index (χ1n) is 3.60. The second-order valence-corrected chi connectivity index (χ2v) is 3.06. The maximum absolute atomic E-state index is 12.8. The van der Waals surface area contributed by atoms with Crippen molar-refractivity contribution >= 4 is 22.4 Å². The molecule has 0 aliphatic carbocycles. The second-order valence-electron chi connectivity index (χ2n) is 2.65. The van der Waals surface area contributed by atoms with E-state index in [1.807, 2.05) is 0 Å². The Morgan fingerprint density at radius 2 is 2.08 bits per heavy atom. The monoisotopic (exact) mass is 197 g/mol. The maximum Gasteiger partial charge on any atom is 0.211 e. The minimum Gasteiger partial charge on any atom is -0.493 e. The largest absolute Gasteiger partial charge is 0.493 e. The summed E-state index contributed by atoms with van der Waals surface area (Å²) in [4.78, 5) is 3.65. The lowest BCUT2D eigenvalue weighted by molar-refractivity contribution is 0.454. The number of rotatable bonds is 0. The summed E-state index contributed by atoms with van der Waals surface area (Å²) in [6.45, 7) is 0. The molecule has 1 N–H and O–H groups in total. The van der Waals surface area contributed by atoms with Gasteiger partial charge in [0.05, 0.1) is 5.02 Å². The molecule has 66 valence electrons. The summed E-state index contributed by atoms with van der Waals surface area (Å²) in [5.41, 5.74) is 0. The molecule has 0 unspecified atom stereocenters. The molecule has 0 bridgehead atoms. The average Bonchev–Trinajstić information content (AvgIpc) is 2.02. The van der Waals surface area contributed by atoms with Crippen LogP contribution in [0.25, 0.3) is 10.8 Å². The van der Waals surface area contributed by atoms with Crippen LogP contribution in [0, 0.1) is 5.82 Å². The molecule has 0 aliphatic heterocycles. The molecule has 4 heteroatoms. The molecule has 0 aliphatic rings. The van der Waals surface area contributed by atoms with Crippen molar-refractivity contribution in [2.75, 3.05) is 0 Å². The third-order valence-corrected chi connectivity index (χ3v) is 2.05. The summed E-state index contributed by atoms with van der Waals surface area (Å²) in [6.07, 6.45) is 1.41. The van der Waals surface area contributed by atoms with E-state index in [0.717, 1.165) is 0 Å². The Kier molecular flexibility index (Phi) is 1.81. The van der Waals surface area contributed by atoms with Gasteiger partial charge in [0, 0.05) is 17.6 Å². The maximum atomic E-state index is 12.8. The molecule has 0 atom stereocenters. The SMILES string of the molecule is Oc1cc2cc(F)cc(Cl)c2cn1. The van der Waals surface area contributed by atoms with Crippen LogP contribution in [0.5, 0.6) is 5.88 Å². The quantitative estimate of drug-likeness (QED) is 0.705. The minimum atomic E-state index is -0.428. The highest BCUT2D eigenvalue weighted by Crippen LogP contribution is 2.25. The van der Waals surface area contributed by atoms with Crippen molar-refractivity contribution in [3.05, 3.63) is 35.2 Å². The lowest BCUT2D eigenvalue weighted by Gasteiger charge is -2.00. The van der Waals surface area contributed by atoms with E-state index in [1.165, 1.54) is 24.4 Å². The van der Waals surface area contributed by atoms with Crippen molar-refractivity contribution in [3.8, 4) is 5.88 Å². The molecule has 0 spiro atoms. The van der Waals surface area contributed by atoms with Gasteiger partial charge in [-0.2, -0.15) is 0 Å². The average molecular weight is 198 g/mol. The summed E-state index contributed by atoms with van der Waals surface area (Å²) in [6, 6.07) is 3.87. The molecule has 0 radical (unpaired) electrons. The van der Waals surface area contributed by atoms with Gasteiger partial charge in [0.25, 0.3) is 0 Å². The number of aromatic hydroxyl groups is 1. The number of aromatic nitrogens is 1.